The fourth-order valence-electron chi connectivity index (χ4n) is 0.842. The van der Waals surface area contributed by atoms with Crippen LogP contribution in [0.25, 0.3) is 0 Å². The molecule has 13 heavy (non-hydrogen) atoms. The third kappa shape index (κ3) is 3.21. The second-order valence-electron chi connectivity index (χ2n) is 3.35. The lowest BCUT2D eigenvalue weighted by molar-refractivity contribution is 0.530. The van der Waals surface area contributed by atoms with Gasteiger partial charge < -0.3 is 5.73 Å². The third-order valence-electron chi connectivity index (χ3n) is 1.92. The first-order valence-corrected chi connectivity index (χ1v) is 6.48. The van der Waals surface area contributed by atoms with Gasteiger partial charge in [-0.1, -0.05) is 19.9 Å². The highest BCUT2D eigenvalue weighted by molar-refractivity contribution is 7.87. The van der Waals surface area contributed by atoms with Gasteiger partial charge in [0, 0.05) is 11.8 Å². The summed E-state index contributed by atoms with van der Waals surface area (Å²) in [5.74, 6) is 0.960. The zero-order valence-corrected chi connectivity index (χ0v) is 9.53. The first kappa shape index (κ1) is 10.9. The predicted octanol–water partition coefficient (Wildman–Crippen LogP) is 1.84. The third-order valence-corrected chi connectivity index (χ3v) is 4.70. The van der Waals surface area contributed by atoms with Gasteiger partial charge in [-0.3, -0.25) is 4.21 Å². The fraction of sp³-hybridized carbons (Fsp3) is 0.556. The van der Waals surface area contributed by atoms with Crippen LogP contribution in [0.3, 0.4) is 0 Å². The van der Waals surface area contributed by atoms with Crippen LogP contribution in [0.5, 0.6) is 0 Å². The van der Waals surface area contributed by atoms with Crippen molar-refractivity contribution in [3.8, 4) is 0 Å². The molecule has 0 aliphatic carbocycles. The summed E-state index contributed by atoms with van der Waals surface area (Å²) in [6.07, 6.45) is 0. The lowest BCUT2D eigenvalue weighted by Gasteiger charge is -2.13. The van der Waals surface area contributed by atoms with Crippen LogP contribution in [0.1, 0.15) is 13.8 Å². The van der Waals surface area contributed by atoms with Crippen molar-refractivity contribution in [3.63, 3.8) is 0 Å². The van der Waals surface area contributed by atoms with Crippen molar-refractivity contribution >= 4 is 22.1 Å². The Labute approximate surface area is 85.6 Å². The molecule has 0 saturated carbocycles. The minimum Gasteiger partial charge on any atom is -0.327 e. The summed E-state index contributed by atoms with van der Waals surface area (Å²) in [6.45, 7) is 4.10. The van der Waals surface area contributed by atoms with Crippen molar-refractivity contribution in [3.05, 3.63) is 17.5 Å². The summed E-state index contributed by atoms with van der Waals surface area (Å²) in [6, 6.07) is 3.84. The summed E-state index contributed by atoms with van der Waals surface area (Å²) in [4.78, 5) is 0. The van der Waals surface area contributed by atoms with Gasteiger partial charge >= 0.3 is 0 Å². The zero-order valence-electron chi connectivity index (χ0n) is 7.90. The van der Waals surface area contributed by atoms with Gasteiger partial charge in [-0.2, -0.15) is 0 Å². The largest absolute Gasteiger partial charge is 0.327 e. The normalized spacial score (nSPS) is 16.0. The molecule has 2 N–H and O–H groups in total. The van der Waals surface area contributed by atoms with Crippen LogP contribution >= 0.6 is 11.3 Å². The maximum atomic E-state index is 11.7. The molecule has 1 aromatic heterocycles. The average Bonchev–Trinajstić information content (AvgIpc) is 2.55. The maximum absolute atomic E-state index is 11.7. The summed E-state index contributed by atoms with van der Waals surface area (Å²) < 4.78 is 12.6. The molecule has 1 rings (SSSR count). The van der Waals surface area contributed by atoms with Gasteiger partial charge in [0.2, 0.25) is 0 Å². The molecule has 0 bridgehead atoms. The topological polar surface area (TPSA) is 43.1 Å². The summed E-state index contributed by atoms with van der Waals surface area (Å²) in [5.41, 5.74) is 5.84. The fourth-order valence-corrected chi connectivity index (χ4v) is 3.22. The van der Waals surface area contributed by atoms with E-state index in [2.05, 4.69) is 13.8 Å². The molecule has 2 unspecified atom stereocenters. The molecule has 4 heteroatoms. The van der Waals surface area contributed by atoms with Crippen molar-refractivity contribution in [1.29, 1.82) is 0 Å². The molecule has 0 spiro atoms. The van der Waals surface area contributed by atoms with Crippen molar-refractivity contribution < 1.29 is 4.21 Å². The highest BCUT2D eigenvalue weighted by atomic mass is 32.2. The molecule has 0 aromatic carbocycles. The van der Waals surface area contributed by atoms with Crippen molar-refractivity contribution in [1.82, 2.24) is 0 Å². The minimum atomic E-state index is -0.909. The van der Waals surface area contributed by atoms with E-state index in [9.17, 15) is 4.21 Å². The van der Waals surface area contributed by atoms with E-state index in [0.717, 1.165) is 4.21 Å². The Balaban J connectivity index is 2.52. The molecular weight excluding hydrogens is 202 g/mol. The van der Waals surface area contributed by atoms with Gasteiger partial charge in [0.1, 0.15) is 0 Å². The van der Waals surface area contributed by atoms with Gasteiger partial charge in [0.25, 0.3) is 0 Å². The molecule has 2 atom stereocenters. The number of thiophene rings is 1. The summed E-state index contributed by atoms with van der Waals surface area (Å²) >= 11 is 1.53. The molecule has 74 valence electrons. The molecule has 0 saturated heterocycles. The van der Waals surface area contributed by atoms with E-state index < -0.39 is 10.8 Å². The molecule has 0 radical (unpaired) electrons. The molecule has 0 aliphatic heterocycles. The minimum absolute atomic E-state index is 0.0305. The quantitative estimate of drug-likeness (QED) is 0.836. The van der Waals surface area contributed by atoms with Gasteiger partial charge in [-0.25, -0.2) is 0 Å². The Bertz CT molecular complexity index is 269. The summed E-state index contributed by atoms with van der Waals surface area (Å²) in [5, 5.41) is 1.94. The van der Waals surface area contributed by atoms with Crippen LogP contribution in [0.2, 0.25) is 0 Å². The van der Waals surface area contributed by atoms with Gasteiger partial charge in [0.05, 0.1) is 15.0 Å². The highest BCUT2D eigenvalue weighted by Gasteiger charge is 2.13. The average molecular weight is 217 g/mol. The van der Waals surface area contributed by atoms with Crippen LogP contribution in [0, 0.1) is 5.92 Å². The first-order valence-electron chi connectivity index (χ1n) is 4.28. The second-order valence-corrected chi connectivity index (χ2v) is 6.02. The Kier molecular flexibility index (Phi) is 4.09. The predicted molar refractivity (Wildman–Crippen MR) is 58.4 cm³/mol. The van der Waals surface area contributed by atoms with Gasteiger partial charge in [-0.15, -0.1) is 11.3 Å². The zero-order chi connectivity index (χ0) is 9.84. The van der Waals surface area contributed by atoms with Crippen molar-refractivity contribution in [2.24, 2.45) is 11.7 Å². The number of rotatable bonds is 4. The van der Waals surface area contributed by atoms with Gasteiger partial charge in [-0.05, 0) is 17.4 Å². The van der Waals surface area contributed by atoms with E-state index in [-0.39, 0.29) is 6.04 Å². The van der Waals surface area contributed by atoms with Crippen LogP contribution in [-0.2, 0) is 10.8 Å². The maximum Gasteiger partial charge on any atom is 0.0911 e. The van der Waals surface area contributed by atoms with Crippen LogP contribution in [0.15, 0.2) is 21.7 Å². The molecular formula is C9H15NOS2. The van der Waals surface area contributed by atoms with E-state index in [1.54, 1.807) is 0 Å². The Morgan fingerprint density at radius 3 is 2.77 bits per heavy atom. The monoisotopic (exact) mass is 217 g/mol. The lowest BCUT2D eigenvalue weighted by Crippen LogP contribution is -2.32. The van der Waals surface area contributed by atoms with Crippen LogP contribution in [0.4, 0.5) is 0 Å². The SMILES string of the molecule is CC(C)C(N)CS(=O)c1cccs1. The Hall–Kier alpha value is -0.190. The Morgan fingerprint density at radius 2 is 2.31 bits per heavy atom. The second kappa shape index (κ2) is 4.88. The van der Waals surface area contributed by atoms with E-state index in [4.69, 9.17) is 5.73 Å². The van der Waals surface area contributed by atoms with Gasteiger partial charge in [0.15, 0.2) is 0 Å². The van der Waals surface area contributed by atoms with E-state index >= 15 is 0 Å². The van der Waals surface area contributed by atoms with E-state index in [1.165, 1.54) is 11.3 Å². The molecule has 0 aliphatic rings. The number of nitrogens with two attached hydrogens (primary N) is 1. The highest BCUT2D eigenvalue weighted by Crippen LogP contribution is 2.15. The van der Waals surface area contributed by atoms with E-state index in [1.807, 2.05) is 17.5 Å². The lowest BCUT2D eigenvalue weighted by atomic mass is 10.1. The number of hydrogen-bond acceptors (Lipinski definition) is 3. The number of hydrogen-bond donors (Lipinski definition) is 1. The van der Waals surface area contributed by atoms with E-state index in [0.29, 0.717) is 11.7 Å². The van der Waals surface area contributed by atoms with Crippen molar-refractivity contribution in [2.45, 2.75) is 24.1 Å². The van der Waals surface area contributed by atoms with Crippen LogP contribution in [-0.4, -0.2) is 16.0 Å². The molecule has 0 amide bonds. The summed E-state index contributed by atoms with van der Waals surface area (Å²) in [7, 11) is -0.909. The Morgan fingerprint density at radius 1 is 1.62 bits per heavy atom. The smallest absolute Gasteiger partial charge is 0.0911 e. The first-order chi connectivity index (χ1) is 6.11. The molecule has 1 aromatic rings. The molecule has 1 heterocycles. The molecule has 2 nitrogen and oxygen atoms in total. The van der Waals surface area contributed by atoms with Crippen molar-refractivity contribution in [2.75, 3.05) is 5.75 Å². The standard InChI is InChI=1S/C9H15NOS2/c1-7(2)8(10)6-13(11)9-4-3-5-12-9/h3-5,7-8H,6,10H2,1-2H3. The van der Waals surface area contributed by atoms with Crippen LogP contribution < -0.4 is 5.73 Å². The molecule has 0 fully saturated rings.